The molecule has 0 bridgehead atoms. The third-order valence-corrected chi connectivity index (χ3v) is 4.26. The van der Waals surface area contributed by atoms with Crippen molar-refractivity contribution < 1.29 is 19.1 Å². The Kier molecular flexibility index (Phi) is 7.87. The van der Waals surface area contributed by atoms with Crippen LogP contribution in [-0.2, 0) is 9.59 Å². The van der Waals surface area contributed by atoms with Gasteiger partial charge in [0.15, 0.2) is 0 Å². The van der Waals surface area contributed by atoms with Crippen molar-refractivity contribution in [1.82, 2.24) is 5.32 Å². The molecule has 0 radical (unpaired) electrons. The van der Waals surface area contributed by atoms with Gasteiger partial charge in [-0.25, -0.2) is 0 Å². The molecule has 0 heterocycles. The summed E-state index contributed by atoms with van der Waals surface area (Å²) in [6.45, 7) is 6.71. The van der Waals surface area contributed by atoms with Gasteiger partial charge in [0, 0.05) is 5.69 Å². The second kappa shape index (κ2) is 10.3. The molecule has 0 aromatic heterocycles. The van der Waals surface area contributed by atoms with Crippen LogP contribution in [0.1, 0.15) is 37.3 Å². The van der Waals surface area contributed by atoms with E-state index in [9.17, 15) is 9.59 Å². The molecule has 2 N–H and O–H groups in total. The van der Waals surface area contributed by atoms with Gasteiger partial charge < -0.3 is 20.1 Å². The summed E-state index contributed by atoms with van der Waals surface area (Å²) < 4.78 is 10.6. The number of hydrogen-bond acceptors (Lipinski definition) is 4. The number of rotatable bonds is 9. The molecular formula is C22H28N2O4. The maximum Gasteiger partial charge on any atom is 0.233 e. The molecule has 28 heavy (non-hydrogen) atoms. The normalized spacial score (nSPS) is 10.5. The van der Waals surface area contributed by atoms with Crippen LogP contribution in [0.4, 0.5) is 5.69 Å². The number of amides is 2. The van der Waals surface area contributed by atoms with Crippen molar-refractivity contribution in [2.24, 2.45) is 0 Å². The summed E-state index contributed by atoms with van der Waals surface area (Å²) in [5.74, 6) is 1.05. The molecule has 0 atom stereocenters. The summed E-state index contributed by atoms with van der Waals surface area (Å²) >= 11 is 0. The molecule has 2 aromatic carbocycles. The SMILES string of the molecule is COc1ccc(OCCNC(=O)CC(=O)Nc2c(C)cccc2C(C)C)cc1. The first-order valence-corrected chi connectivity index (χ1v) is 9.33. The molecule has 6 heteroatoms. The van der Waals surface area contributed by atoms with E-state index in [1.165, 1.54) is 0 Å². The predicted octanol–water partition coefficient (Wildman–Crippen LogP) is 3.65. The molecule has 2 rings (SSSR count). The van der Waals surface area contributed by atoms with Gasteiger partial charge in [-0.15, -0.1) is 0 Å². The summed E-state index contributed by atoms with van der Waals surface area (Å²) in [6.07, 6.45) is -0.228. The zero-order valence-electron chi connectivity index (χ0n) is 16.9. The first kappa shape index (κ1) is 21.3. The number of nitrogens with one attached hydrogen (secondary N) is 2. The van der Waals surface area contributed by atoms with Crippen molar-refractivity contribution in [2.45, 2.75) is 33.1 Å². The molecule has 0 unspecified atom stereocenters. The minimum atomic E-state index is -0.337. The molecule has 0 fully saturated rings. The van der Waals surface area contributed by atoms with Gasteiger partial charge in [-0.05, 0) is 48.2 Å². The van der Waals surface area contributed by atoms with Crippen LogP contribution in [0.3, 0.4) is 0 Å². The minimum absolute atomic E-state index is 0.228. The van der Waals surface area contributed by atoms with Crippen molar-refractivity contribution in [1.29, 1.82) is 0 Å². The second-order valence-corrected chi connectivity index (χ2v) is 6.79. The van der Waals surface area contributed by atoms with E-state index in [2.05, 4.69) is 24.5 Å². The lowest BCUT2D eigenvalue weighted by Crippen LogP contribution is -2.31. The number of para-hydroxylation sites is 1. The molecule has 6 nitrogen and oxygen atoms in total. The molecule has 0 spiro atoms. The number of benzene rings is 2. The van der Waals surface area contributed by atoms with E-state index >= 15 is 0 Å². The number of hydrogen-bond donors (Lipinski definition) is 2. The summed E-state index contributed by atoms with van der Waals surface area (Å²) in [4.78, 5) is 24.2. The lowest BCUT2D eigenvalue weighted by atomic mass is 9.98. The van der Waals surface area contributed by atoms with Crippen molar-refractivity contribution in [3.8, 4) is 11.5 Å². The average Bonchev–Trinajstić information content (AvgIpc) is 2.67. The molecule has 0 saturated heterocycles. The van der Waals surface area contributed by atoms with Crippen LogP contribution < -0.4 is 20.1 Å². The van der Waals surface area contributed by atoms with E-state index in [1.54, 1.807) is 31.4 Å². The quantitative estimate of drug-likeness (QED) is 0.511. The highest BCUT2D eigenvalue weighted by molar-refractivity contribution is 6.04. The standard InChI is InChI=1S/C22H28N2O4/c1-15(2)19-7-5-6-16(3)22(19)24-21(26)14-20(25)23-12-13-28-18-10-8-17(27-4)9-11-18/h5-11,15H,12-14H2,1-4H3,(H,23,25)(H,24,26). The van der Waals surface area contributed by atoms with E-state index in [-0.39, 0.29) is 24.2 Å². The van der Waals surface area contributed by atoms with Crippen LogP contribution in [0.2, 0.25) is 0 Å². The van der Waals surface area contributed by atoms with Gasteiger partial charge in [0.25, 0.3) is 0 Å². The molecule has 0 aliphatic carbocycles. The van der Waals surface area contributed by atoms with Gasteiger partial charge in [0.2, 0.25) is 11.8 Å². The molecule has 0 saturated carbocycles. The predicted molar refractivity (Wildman–Crippen MR) is 110 cm³/mol. The molecular weight excluding hydrogens is 356 g/mol. The molecule has 150 valence electrons. The highest BCUT2D eigenvalue weighted by Crippen LogP contribution is 2.27. The number of methoxy groups -OCH3 is 1. The lowest BCUT2D eigenvalue weighted by molar-refractivity contribution is -0.126. The van der Waals surface area contributed by atoms with E-state index in [0.717, 1.165) is 22.6 Å². The van der Waals surface area contributed by atoms with Gasteiger partial charge in [0.05, 0.1) is 13.7 Å². The number of carbonyl (C=O) groups is 2. The topological polar surface area (TPSA) is 76.7 Å². The maximum absolute atomic E-state index is 12.2. The van der Waals surface area contributed by atoms with Crippen LogP contribution >= 0.6 is 0 Å². The molecule has 2 aromatic rings. The lowest BCUT2D eigenvalue weighted by Gasteiger charge is -2.16. The Labute approximate surface area is 166 Å². The van der Waals surface area contributed by atoms with Crippen LogP contribution in [0.15, 0.2) is 42.5 Å². The summed E-state index contributed by atoms with van der Waals surface area (Å²) in [7, 11) is 1.60. The zero-order valence-corrected chi connectivity index (χ0v) is 16.9. The molecule has 2 amide bonds. The summed E-state index contributed by atoms with van der Waals surface area (Å²) in [5, 5.41) is 5.57. The number of aryl methyl sites for hydroxylation is 1. The Hall–Kier alpha value is -3.02. The number of anilines is 1. The second-order valence-electron chi connectivity index (χ2n) is 6.79. The Morgan fingerprint density at radius 1 is 1.00 bits per heavy atom. The van der Waals surface area contributed by atoms with Crippen molar-refractivity contribution in [3.63, 3.8) is 0 Å². The van der Waals surface area contributed by atoms with Gasteiger partial charge >= 0.3 is 0 Å². The van der Waals surface area contributed by atoms with Crippen molar-refractivity contribution in [2.75, 3.05) is 25.6 Å². The Bertz CT molecular complexity index is 801. The first-order chi connectivity index (χ1) is 13.4. The van der Waals surface area contributed by atoms with Gasteiger partial charge in [-0.1, -0.05) is 32.0 Å². The first-order valence-electron chi connectivity index (χ1n) is 9.33. The van der Waals surface area contributed by atoms with Crippen LogP contribution in [-0.4, -0.2) is 32.1 Å². The number of carbonyl (C=O) groups excluding carboxylic acids is 2. The van der Waals surface area contributed by atoms with Crippen molar-refractivity contribution in [3.05, 3.63) is 53.6 Å². The summed E-state index contributed by atoms with van der Waals surface area (Å²) in [6, 6.07) is 13.1. The third kappa shape index (κ3) is 6.30. The minimum Gasteiger partial charge on any atom is -0.497 e. The van der Waals surface area contributed by atoms with Crippen LogP contribution in [0, 0.1) is 6.92 Å². The Morgan fingerprint density at radius 2 is 1.68 bits per heavy atom. The van der Waals surface area contributed by atoms with E-state index in [0.29, 0.717) is 18.9 Å². The van der Waals surface area contributed by atoms with Crippen LogP contribution in [0.5, 0.6) is 11.5 Å². The van der Waals surface area contributed by atoms with Gasteiger partial charge in [-0.2, -0.15) is 0 Å². The maximum atomic E-state index is 12.2. The summed E-state index contributed by atoms with van der Waals surface area (Å²) in [5.41, 5.74) is 2.83. The van der Waals surface area contributed by atoms with Gasteiger partial charge in [-0.3, -0.25) is 9.59 Å². The van der Waals surface area contributed by atoms with E-state index in [1.807, 2.05) is 25.1 Å². The Balaban J connectivity index is 1.76. The highest BCUT2D eigenvalue weighted by atomic mass is 16.5. The van der Waals surface area contributed by atoms with E-state index in [4.69, 9.17) is 9.47 Å². The highest BCUT2D eigenvalue weighted by Gasteiger charge is 2.14. The fourth-order valence-corrected chi connectivity index (χ4v) is 2.77. The zero-order chi connectivity index (χ0) is 20.5. The fraction of sp³-hybridized carbons (Fsp3) is 0.364. The van der Waals surface area contributed by atoms with Crippen LogP contribution in [0.25, 0.3) is 0 Å². The largest absolute Gasteiger partial charge is 0.497 e. The fourth-order valence-electron chi connectivity index (χ4n) is 2.77. The Morgan fingerprint density at radius 3 is 2.32 bits per heavy atom. The van der Waals surface area contributed by atoms with E-state index < -0.39 is 0 Å². The molecule has 0 aliphatic rings. The van der Waals surface area contributed by atoms with Gasteiger partial charge in [0.1, 0.15) is 24.5 Å². The van der Waals surface area contributed by atoms with Crippen molar-refractivity contribution >= 4 is 17.5 Å². The molecule has 0 aliphatic heterocycles. The monoisotopic (exact) mass is 384 g/mol. The third-order valence-electron chi connectivity index (χ3n) is 4.26. The number of ether oxygens (including phenoxy) is 2. The average molecular weight is 384 g/mol. The smallest absolute Gasteiger partial charge is 0.233 e.